The lowest BCUT2D eigenvalue weighted by Crippen LogP contribution is -1.83. The number of benzene rings is 1. The van der Waals surface area contributed by atoms with Gasteiger partial charge >= 0.3 is 0 Å². The number of carbonyl (C=O) groups is 1. The Balaban J connectivity index is 1.97. The van der Waals surface area contributed by atoms with E-state index in [-0.39, 0.29) is 0 Å². The monoisotopic (exact) mass is 192 g/mol. The molecule has 0 aromatic heterocycles. The number of hydrogen-bond donors (Lipinski definition) is 0. The van der Waals surface area contributed by atoms with E-state index in [1.165, 1.54) is 23.5 Å². The molecule has 13 heavy (non-hydrogen) atoms. The second-order valence-corrected chi connectivity index (χ2v) is 4.54. The average Bonchev–Trinajstić information content (AvgIpc) is 2.99. The van der Waals surface area contributed by atoms with E-state index in [1.54, 1.807) is 0 Å². The van der Waals surface area contributed by atoms with Gasteiger partial charge in [-0.3, -0.25) is 4.79 Å². The molecule has 1 saturated carbocycles. The molecule has 0 N–H and O–H groups in total. The van der Waals surface area contributed by atoms with Gasteiger partial charge in [0.15, 0.2) is 0 Å². The Morgan fingerprint density at radius 1 is 1.46 bits per heavy atom. The van der Waals surface area contributed by atoms with Gasteiger partial charge in [-0.1, -0.05) is 12.1 Å². The van der Waals surface area contributed by atoms with Crippen molar-refractivity contribution in [2.45, 2.75) is 17.7 Å². The predicted octanol–water partition coefficient (Wildman–Crippen LogP) is 3.00. The molecule has 1 aromatic rings. The highest BCUT2D eigenvalue weighted by Gasteiger charge is 2.20. The van der Waals surface area contributed by atoms with E-state index in [1.807, 2.05) is 30.0 Å². The summed E-state index contributed by atoms with van der Waals surface area (Å²) in [4.78, 5) is 11.7. The summed E-state index contributed by atoms with van der Waals surface area (Å²) in [5.74, 6) is 2.15. The summed E-state index contributed by atoms with van der Waals surface area (Å²) in [7, 11) is 0. The van der Waals surface area contributed by atoms with Gasteiger partial charge in [-0.15, -0.1) is 11.8 Å². The Labute approximate surface area is 82.5 Å². The van der Waals surface area contributed by atoms with Crippen molar-refractivity contribution in [2.24, 2.45) is 5.92 Å². The van der Waals surface area contributed by atoms with Crippen molar-refractivity contribution in [3.05, 3.63) is 29.8 Å². The van der Waals surface area contributed by atoms with Gasteiger partial charge < -0.3 is 0 Å². The zero-order valence-electron chi connectivity index (χ0n) is 7.40. The lowest BCUT2D eigenvalue weighted by molar-refractivity contribution is 0.112. The van der Waals surface area contributed by atoms with Crippen molar-refractivity contribution in [1.29, 1.82) is 0 Å². The van der Waals surface area contributed by atoms with Crippen LogP contribution in [0.25, 0.3) is 0 Å². The Hall–Kier alpha value is -0.760. The molecule has 0 amide bonds. The van der Waals surface area contributed by atoms with Crippen molar-refractivity contribution in [3.63, 3.8) is 0 Å². The normalized spacial score (nSPS) is 15.7. The van der Waals surface area contributed by atoms with E-state index in [0.717, 1.165) is 17.8 Å². The van der Waals surface area contributed by atoms with Crippen LogP contribution < -0.4 is 0 Å². The molecule has 0 atom stereocenters. The largest absolute Gasteiger partial charge is 0.298 e. The maximum absolute atomic E-state index is 10.5. The van der Waals surface area contributed by atoms with Gasteiger partial charge in [0.25, 0.3) is 0 Å². The van der Waals surface area contributed by atoms with Crippen LogP contribution in [0.15, 0.2) is 29.2 Å². The van der Waals surface area contributed by atoms with Gasteiger partial charge in [-0.05, 0) is 30.9 Å². The van der Waals surface area contributed by atoms with Crippen LogP contribution in [-0.4, -0.2) is 12.0 Å². The minimum atomic E-state index is 0.779. The maximum atomic E-state index is 10.5. The molecule has 0 saturated heterocycles. The number of aldehydes is 1. The second kappa shape index (κ2) is 3.97. The van der Waals surface area contributed by atoms with E-state index < -0.39 is 0 Å². The fourth-order valence-electron chi connectivity index (χ4n) is 1.18. The molecule has 1 aliphatic rings. The van der Waals surface area contributed by atoms with Gasteiger partial charge in [-0.2, -0.15) is 0 Å². The van der Waals surface area contributed by atoms with Gasteiger partial charge in [-0.25, -0.2) is 0 Å². The van der Waals surface area contributed by atoms with Crippen molar-refractivity contribution < 1.29 is 4.79 Å². The van der Waals surface area contributed by atoms with Crippen LogP contribution in [0.4, 0.5) is 0 Å². The smallest absolute Gasteiger partial charge is 0.150 e. The summed E-state index contributed by atoms with van der Waals surface area (Å²) in [5, 5.41) is 0. The van der Waals surface area contributed by atoms with Crippen molar-refractivity contribution in [3.8, 4) is 0 Å². The molecule has 0 heterocycles. The molecule has 2 rings (SSSR count). The summed E-state index contributed by atoms with van der Waals surface area (Å²) >= 11 is 1.86. The highest BCUT2D eigenvalue weighted by Crippen LogP contribution is 2.34. The zero-order valence-corrected chi connectivity index (χ0v) is 8.22. The molecule has 0 spiro atoms. The molecule has 1 nitrogen and oxygen atoms in total. The number of hydrogen-bond acceptors (Lipinski definition) is 2. The van der Waals surface area contributed by atoms with E-state index in [4.69, 9.17) is 0 Å². The van der Waals surface area contributed by atoms with Crippen LogP contribution in [0.2, 0.25) is 0 Å². The topological polar surface area (TPSA) is 17.1 Å². The third-order valence-electron chi connectivity index (χ3n) is 2.18. The summed E-state index contributed by atoms with van der Waals surface area (Å²) < 4.78 is 0. The molecule has 1 aromatic carbocycles. The molecular formula is C11H12OS. The van der Waals surface area contributed by atoms with Gasteiger partial charge in [0.05, 0.1) is 0 Å². The first kappa shape index (κ1) is 8.82. The molecule has 0 unspecified atom stereocenters. The lowest BCUT2D eigenvalue weighted by atomic mass is 10.2. The maximum Gasteiger partial charge on any atom is 0.150 e. The first-order valence-electron chi connectivity index (χ1n) is 4.56. The Morgan fingerprint density at radius 2 is 2.31 bits per heavy atom. The number of carbonyl (C=O) groups excluding carboxylic acids is 1. The SMILES string of the molecule is O=Cc1cccc(SCC2CC2)c1. The molecule has 68 valence electrons. The molecule has 1 aliphatic carbocycles. The van der Waals surface area contributed by atoms with Crippen LogP contribution in [-0.2, 0) is 0 Å². The first-order valence-corrected chi connectivity index (χ1v) is 5.55. The third-order valence-corrected chi connectivity index (χ3v) is 3.40. The quantitative estimate of drug-likeness (QED) is 0.539. The van der Waals surface area contributed by atoms with Gasteiger partial charge in [0.2, 0.25) is 0 Å². The third kappa shape index (κ3) is 2.59. The molecule has 0 aliphatic heterocycles. The number of thioether (sulfide) groups is 1. The van der Waals surface area contributed by atoms with Crippen molar-refractivity contribution in [1.82, 2.24) is 0 Å². The van der Waals surface area contributed by atoms with Gasteiger partial charge in [0, 0.05) is 16.2 Å². The molecular weight excluding hydrogens is 180 g/mol. The van der Waals surface area contributed by atoms with Gasteiger partial charge in [0.1, 0.15) is 6.29 Å². The van der Waals surface area contributed by atoms with Crippen molar-refractivity contribution >= 4 is 18.0 Å². The minimum absolute atomic E-state index is 0.779. The van der Waals surface area contributed by atoms with E-state index in [9.17, 15) is 4.79 Å². The molecule has 2 heteroatoms. The zero-order chi connectivity index (χ0) is 9.10. The van der Waals surface area contributed by atoms with Crippen LogP contribution in [0, 0.1) is 5.92 Å². The fourth-order valence-corrected chi connectivity index (χ4v) is 2.33. The summed E-state index contributed by atoms with van der Waals surface area (Å²) in [6.45, 7) is 0. The fraction of sp³-hybridized carbons (Fsp3) is 0.364. The van der Waals surface area contributed by atoms with E-state index >= 15 is 0 Å². The first-order chi connectivity index (χ1) is 6.38. The van der Waals surface area contributed by atoms with Crippen LogP contribution in [0.1, 0.15) is 23.2 Å². The Bertz CT molecular complexity index is 305. The molecule has 1 fully saturated rings. The molecule has 0 radical (unpaired) electrons. The summed E-state index contributed by atoms with van der Waals surface area (Å²) in [6.07, 6.45) is 3.68. The molecule has 0 bridgehead atoms. The van der Waals surface area contributed by atoms with E-state index in [0.29, 0.717) is 0 Å². The minimum Gasteiger partial charge on any atom is -0.298 e. The highest BCUT2D eigenvalue weighted by atomic mass is 32.2. The number of rotatable bonds is 4. The summed E-state index contributed by atoms with van der Waals surface area (Å²) in [6, 6.07) is 7.81. The standard InChI is InChI=1S/C11H12OS/c12-7-10-2-1-3-11(6-10)13-8-9-4-5-9/h1-3,6-7,9H,4-5,8H2. The van der Waals surface area contributed by atoms with Crippen LogP contribution >= 0.6 is 11.8 Å². The predicted molar refractivity (Wildman–Crippen MR) is 55.3 cm³/mol. The average molecular weight is 192 g/mol. The van der Waals surface area contributed by atoms with Crippen LogP contribution in [0.3, 0.4) is 0 Å². The van der Waals surface area contributed by atoms with E-state index in [2.05, 4.69) is 6.07 Å². The Morgan fingerprint density at radius 3 is 3.00 bits per heavy atom. The second-order valence-electron chi connectivity index (χ2n) is 3.44. The highest BCUT2D eigenvalue weighted by molar-refractivity contribution is 7.99. The lowest BCUT2D eigenvalue weighted by Gasteiger charge is -1.99. The van der Waals surface area contributed by atoms with Crippen LogP contribution in [0.5, 0.6) is 0 Å². The van der Waals surface area contributed by atoms with Crippen molar-refractivity contribution in [2.75, 3.05) is 5.75 Å². The summed E-state index contributed by atoms with van der Waals surface area (Å²) in [5.41, 5.74) is 0.779. The Kier molecular flexibility index (Phi) is 2.69.